The van der Waals surface area contributed by atoms with Gasteiger partial charge in [0.2, 0.25) is 0 Å². The molecule has 0 bridgehead atoms. The molecule has 8 aromatic carbocycles. The van der Waals surface area contributed by atoms with E-state index in [2.05, 4.69) is 144 Å². The number of nitrogens with zero attached hydrogens (tertiary/aromatic N) is 3. The van der Waals surface area contributed by atoms with Crippen LogP contribution >= 0.6 is 7.14 Å². The van der Waals surface area contributed by atoms with Crippen LogP contribution in [0.2, 0.25) is 0 Å². The molecule has 0 aliphatic carbocycles. The fourth-order valence-electron chi connectivity index (χ4n) is 8.55. The molecule has 4 nitrogen and oxygen atoms in total. The van der Waals surface area contributed by atoms with Crippen molar-refractivity contribution in [2.24, 2.45) is 0 Å². The molecule has 1 atom stereocenters. The van der Waals surface area contributed by atoms with Gasteiger partial charge in [0.05, 0.1) is 22.4 Å². The maximum atomic E-state index is 15.5. The van der Waals surface area contributed by atoms with Gasteiger partial charge < -0.3 is 9.13 Å². The third-order valence-electron chi connectivity index (χ3n) is 11.3. The van der Waals surface area contributed by atoms with Gasteiger partial charge in [-0.3, -0.25) is 0 Å². The van der Waals surface area contributed by atoms with Crippen LogP contribution < -0.4 is 15.9 Å². The van der Waals surface area contributed by atoms with Crippen molar-refractivity contribution in [1.29, 1.82) is 0 Å². The van der Waals surface area contributed by atoms with Crippen LogP contribution in [0.4, 0.5) is 0 Å². The minimum absolute atomic E-state index is 0.658. The van der Waals surface area contributed by atoms with Crippen molar-refractivity contribution >= 4 is 44.9 Å². The van der Waals surface area contributed by atoms with E-state index in [9.17, 15) is 0 Å². The van der Waals surface area contributed by atoms with Gasteiger partial charge in [0.25, 0.3) is 0 Å². The summed E-state index contributed by atoms with van der Waals surface area (Å²) >= 11 is 0. The Morgan fingerprint density at radius 1 is 0.421 bits per heavy atom. The molecule has 0 saturated carbocycles. The largest absolute Gasteiger partial charge is 0.309 e. The number of aromatic nitrogens is 3. The van der Waals surface area contributed by atoms with Crippen LogP contribution in [0, 0.1) is 0 Å². The van der Waals surface area contributed by atoms with Crippen molar-refractivity contribution in [2.75, 3.05) is 0 Å². The lowest BCUT2D eigenvalue weighted by molar-refractivity contribution is 0.593. The quantitative estimate of drug-likeness (QED) is 0.159. The van der Waals surface area contributed by atoms with Crippen molar-refractivity contribution in [3.8, 4) is 61.8 Å². The highest BCUT2D eigenvalue weighted by molar-refractivity contribution is 7.86. The smallest absolute Gasteiger partial charge is 0.172 e. The van der Waals surface area contributed by atoms with E-state index in [1.807, 2.05) is 66.7 Å². The lowest BCUT2D eigenvalue weighted by Gasteiger charge is -2.16. The first kappa shape index (κ1) is 33.2. The number of hydrogen-bond donors (Lipinski definition) is 0. The molecule has 5 heteroatoms. The SMILES string of the molecule is O=P1(c2ccccc2)c2ccccc2-c2c1ccc1c3ccccc3n(-c3ccc(-c4nc(-c5ccccc5)cc(-c5ccc(-c6ccccc6)cc5)n4)cc3)c21. The summed E-state index contributed by atoms with van der Waals surface area (Å²) in [5, 5.41) is 4.92. The van der Waals surface area contributed by atoms with E-state index >= 15 is 4.57 Å². The Bertz CT molecular complexity index is 3180. The standard InChI is InChI=1S/C52H34N3OP/c56-57(41-18-8-3-9-19-41)48-23-13-11-21-44(48)50-49(57)33-32-43-42-20-10-12-22-47(42)55(51(43)50)40-30-28-39(29-31-40)52-53-45(37-16-6-2-7-17-37)34-46(54-52)38-26-24-36(25-27-38)35-14-4-1-5-15-35/h1-34H. The normalized spacial score (nSPS) is 14.5. The predicted molar refractivity (Wildman–Crippen MR) is 237 cm³/mol. The average Bonchev–Trinajstić information content (AvgIpc) is 3.77. The fraction of sp³-hybridized carbons (Fsp3) is 0. The Morgan fingerprint density at radius 3 is 1.68 bits per heavy atom. The molecule has 0 radical (unpaired) electrons. The Labute approximate surface area is 330 Å². The third kappa shape index (κ3) is 5.33. The second-order valence-corrected chi connectivity index (χ2v) is 17.2. The lowest BCUT2D eigenvalue weighted by atomic mass is 10.0. The highest BCUT2D eigenvalue weighted by atomic mass is 31.2. The van der Waals surface area contributed by atoms with Crippen molar-refractivity contribution in [3.05, 3.63) is 206 Å². The molecular weight excluding hydrogens is 714 g/mol. The van der Waals surface area contributed by atoms with Crippen LogP contribution in [-0.4, -0.2) is 14.5 Å². The molecule has 57 heavy (non-hydrogen) atoms. The summed E-state index contributed by atoms with van der Waals surface area (Å²) in [5.74, 6) is 0.658. The second kappa shape index (κ2) is 13.3. The van der Waals surface area contributed by atoms with Gasteiger partial charge in [-0.2, -0.15) is 0 Å². The van der Waals surface area contributed by atoms with Crippen molar-refractivity contribution in [2.45, 2.75) is 0 Å². The van der Waals surface area contributed by atoms with Gasteiger partial charge in [0, 0.05) is 54.6 Å². The summed E-state index contributed by atoms with van der Waals surface area (Å²) in [7, 11) is -3.12. The van der Waals surface area contributed by atoms with Crippen molar-refractivity contribution in [1.82, 2.24) is 14.5 Å². The van der Waals surface area contributed by atoms with E-state index < -0.39 is 7.14 Å². The summed E-state index contributed by atoms with van der Waals surface area (Å²) in [5.41, 5.74) is 12.3. The Morgan fingerprint density at radius 2 is 0.965 bits per heavy atom. The van der Waals surface area contributed by atoms with Gasteiger partial charge in [-0.1, -0.05) is 164 Å². The topological polar surface area (TPSA) is 47.8 Å². The maximum Gasteiger partial charge on any atom is 0.172 e. The molecule has 0 spiro atoms. The van der Waals surface area contributed by atoms with Crippen LogP contribution in [0.1, 0.15) is 0 Å². The molecule has 10 aromatic rings. The van der Waals surface area contributed by atoms with Gasteiger partial charge >= 0.3 is 0 Å². The van der Waals surface area contributed by atoms with Gasteiger partial charge in [-0.25, -0.2) is 9.97 Å². The van der Waals surface area contributed by atoms with Gasteiger partial charge in [0.15, 0.2) is 13.0 Å². The van der Waals surface area contributed by atoms with Crippen LogP contribution in [0.3, 0.4) is 0 Å². The van der Waals surface area contributed by atoms with Crippen molar-refractivity contribution < 1.29 is 4.57 Å². The summed E-state index contributed by atoms with van der Waals surface area (Å²) in [6, 6.07) is 70.9. The van der Waals surface area contributed by atoms with Gasteiger partial charge in [-0.15, -0.1) is 0 Å². The minimum Gasteiger partial charge on any atom is -0.309 e. The fourth-order valence-corrected chi connectivity index (χ4v) is 11.6. The molecule has 1 unspecified atom stereocenters. The number of benzene rings is 8. The van der Waals surface area contributed by atoms with Crippen molar-refractivity contribution in [3.63, 3.8) is 0 Å². The lowest BCUT2D eigenvalue weighted by Crippen LogP contribution is -2.20. The van der Waals surface area contributed by atoms with Gasteiger partial charge in [0.1, 0.15) is 0 Å². The number of para-hydroxylation sites is 1. The van der Waals surface area contributed by atoms with E-state index in [4.69, 9.17) is 9.97 Å². The number of fused-ring (bicyclic) bond motifs is 7. The number of hydrogen-bond acceptors (Lipinski definition) is 3. The minimum atomic E-state index is -3.12. The highest BCUT2D eigenvalue weighted by Gasteiger charge is 2.41. The van der Waals surface area contributed by atoms with E-state index in [-0.39, 0.29) is 0 Å². The molecule has 1 aliphatic rings. The van der Waals surface area contributed by atoms with E-state index in [0.29, 0.717) is 5.82 Å². The average molecular weight is 748 g/mol. The molecule has 11 rings (SSSR count). The molecule has 0 N–H and O–H groups in total. The molecule has 0 saturated heterocycles. The summed E-state index contributed by atoms with van der Waals surface area (Å²) < 4.78 is 17.8. The zero-order valence-corrected chi connectivity index (χ0v) is 31.7. The molecular formula is C52H34N3OP. The maximum absolute atomic E-state index is 15.5. The van der Waals surface area contributed by atoms with E-state index in [0.717, 1.165) is 88.2 Å². The first-order chi connectivity index (χ1) is 28.1. The highest BCUT2D eigenvalue weighted by Crippen LogP contribution is 2.54. The Hall–Kier alpha value is -7.13. The summed E-state index contributed by atoms with van der Waals surface area (Å²) in [6.45, 7) is 0. The zero-order chi connectivity index (χ0) is 37.9. The van der Waals surface area contributed by atoms with Crippen LogP contribution in [0.25, 0.3) is 83.6 Å². The second-order valence-electron chi connectivity index (χ2n) is 14.5. The van der Waals surface area contributed by atoms with Crippen LogP contribution in [0.5, 0.6) is 0 Å². The Kier molecular flexibility index (Phi) is 7.73. The van der Waals surface area contributed by atoms with Crippen LogP contribution in [-0.2, 0) is 4.57 Å². The first-order valence-corrected chi connectivity index (χ1v) is 20.9. The van der Waals surface area contributed by atoms with E-state index in [1.165, 1.54) is 5.56 Å². The third-order valence-corrected chi connectivity index (χ3v) is 14.4. The molecule has 1 aliphatic heterocycles. The zero-order valence-electron chi connectivity index (χ0n) is 30.8. The molecule has 0 fully saturated rings. The number of rotatable bonds is 6. The predicted octanol–water partition coefficient (Wildman–Crippen LogP) is 11.9. The van der Waals surface area contributed by atoms with Crippen LogP contribution in [0.15, 0.2) is 206 Å². The van der Waals surface area contributed by atoms with E-state index in [1.54, 1.807) is 0 Å². The summed E-state index contributed by atoms with van der Waals surface area (Å²) in [4.78, 5) is 10.3. The Balaban J connectivity index is 1.07. The molecule has 268 valence electrons. The first-order valence-electron chi connectivity index (χ1n) is 19.2. The summed E-state index contributed by atoms with van der Waals surface area (Å²) in [6.07, 6.45) is 0. The molecule has 2 aromatic heterocycles. The van der Waals surface area contributed by atoms with Gasteiger partial charge in [-0.05, 0) is 59.2 Å². The molecule has 3 heterocycles. The monoisotopic (exact) mass is 747 g/mol. The molecule has 0 amide bonds.